The summed E-state index contributed by atoms with van der Waals surface area (Å²) < 4.78 is 26.8. The van der Waals surface area contributed by atoms with Gasteiger partial charge in [0.25, 0.3) is 10.0 Å². The summed E-state index contributed by atoms with van der Waals surface area (Å²) in [5.41, 5.74) is 0.554. The van der Waals surface area contributed by atoms with Crippen LogP contribution in [0.25, 0.3) is 0 Å². The van der Waals surface area contributed by atoms with Crippen LogP contribution >= 0.6 is 23.5 Å². The van der Waals surface area contributed by atoms with E-state index in [0.29, 0.717) is 22.6 Å². The minimum absolute atomic E-state index is 0.139. The number of nitrogens with zero attached hydrogens (tertiary/aromatic N) is 3. The largest absolute Gasteiger partial charge is 0.271 e. The Hall–Kier alpha value is -1.70. The SMILES string of the molecule is CSC(=Nc1ccc(S(=O)(=O)NC2=NCCS2)cc1)NC#N. The second-order valence-corrected chi connectivity index (χ2v) is 7.55. The summed E-state index contributed by atoms with van der Waals surface area (Å²) in [5, 5.41) is 11.9. The summed E-state index contributed by atoms with van der Waals surface area (Å²) in [6, 6.07) is 6.08. The predicted molar refractivity (Wildman–Crippen MR) is 90.9 cm³/mol. The second kappa shape index (κ2) is 7.53. The highest BCUT2D eigenvalue weighted by Crippen LogP contribution is 2.19. The number of amidine groups is 2. The number of nitrogens with one attached hydrogen (secondary N) is 2. The number of thioether (sulfide) groups is 2. The molecule has 0 aliphatic carbocycles. The molecule has 10 heteroatoms. The summed E-state index contributed by atoms with van der Waals surface area (Å²) in [4.78, 5) is 8.40. The lowest BCUT2D eigenvalue weighted by atomic mass is 10.3. The number of aliphatic imine (C=N–C) groups is 2. The molecule has 0 spiro atoms. The lowest BCUT2D eigenvalue weighted by Crippen LogP contribution is -2.27. The Bertz CT molecular complexity index is 735. The molecule has 1 aliphatic rings. The minimum atomic E-state index is -3.63. The average molecular weight is 355 g/mol. The minimum Gasteiger partial charge on any atom is -0.271 e. The highest BCUT2D eigenvalue weighted by molar-refractivity contribution is 8.15. The molecular weight excluding hydrogens is 342 g/mol. The van der Waals surface area contributed by atoms with Crippen molar-refractivity contribution in [1.82, 2.24) is 10.0 Å². The first-order chi connectivity index (χ1) is 10.5. The van der Waals surface area contributed by atoms with Gasteiger partial charge in [-0.1, -0.05) is 23.5 Å². The van der Waals surface area contributed by atoms with Gasteiger partial charge in [0.1, 0.15) is 0 Å². The Balaban J connectivity index is 2.16. The third-order valence-electron chi connectivity index (χ3n) is 2.54. The molecular formula is C12H13N5O2S3. The van der Waals surface area contributed by atoms with Crippen LogP contribution in [0.4, 0.5) is 5.69 Å². The molecule has 0 atom stereocenters. The smallest absolute Gasteiger partial charge is 0.263 e. The fraction of sp³-hybridized carbons (Fsp3) is 0.250. The Labute approximate surface area is 137 Å². The fourth-order valence-corrected chi connectivity index (χ4v) is 3.93. The van der Waals surface area contributed by atoms with Crippen LogP contribution in [0.2, 0.25) is 0 Å². The molecule has 0 radical (unpaired) electrons. The van der Waals surface area contributed by atoms with Gasteiger partial charge in [-0.15, -0.1) is 0 Å². The molecule has 0 amide bonds. The standard InChI is InChI=1S/C12H13N5O2S3/c1-20-11(15-8-13)16-9-2-4-10(5-3-9)22(18,19)17-12-14-6-7-21-12/h2-5H,6-7H2,1H3,(H,14,17)(H,15,16). The molecule has 0 saturated carbocycles. The first-order valence-electron chi connectivity index (χ1n) is 6.13. The van der Waals surface area contributed by atoms with Crippen LogP contribution in [0.1, 0.15) is 0 Å². The van der Waals surface area contributed by atoms with Crippen molar-refractivity contribution in [3.8, 4) is 6.19 Å². The van der Waals surface area contributed by atoms with Gasteiger partial charge in [-0.3, -0.25) is 15.0 Å². The molecule has 116 valence electrons. The number of rotatable bonds is 3. The molecule has 0 fully saturated rings. The molecule has 0 aromatic heterocycles. The van der Waals surface area contributed by atoms with Gasteiger partial charge in [0, 0.05) is 5.75 Å². The Morgan fingerprint density at radius 2 is 2.18 bits per heavy atom. The summed E-state index contributed by atoms with van der Waals surface area (Å²) >= 11 is 2.67. The molecule has 1 aromatic rings. The van der Waals surface area contributed by atoms with Crippen LogP contribution in [0.3, 0.4) is 0 Å². The maximum absolute atomic E-state index is 12.2. The summed E-state index contributed by atoms with van der Waals surface area (Å²) in [5.74, 6) is 0.787. The van der Waals surface area contributed by atoms with E-state index in [0.717, 1.165) is 5.75 Å². The number of hydrogen-bond acceptors (Lipinski definition) is 7. The van der Waals surface area contributed by atoms with Gasteiger partial charge >= 0.3 is 0 Å². The zero-order valence-electron chi connectivity index (χ0n) is 11.6. The molecule has 0 unspecified atom stereocenters. The van der Waals surface area contributed by atoms with Crippen molar-refractivity contribution in [3.63, 3.8) is 0 Å². The molecule has 0 bridgehead atoms. The third kappa shape index (κ3) is 4.40. The van der Waals surface area contributed by atoms with Crippen LogP contribution in [-0.4, -0.2) is 37.3 Å². The van der Waals surface area contributed by atoms with E-state index in [4.69, 9.17) is 5.26 Å². The van der Waals surface area contributed by atoms with Crippen molar-refractivity contribution in [2.45, 2.75) is 4.90 Å². The zero-order valence-corrected chi connectivity index (χ0v) is 14.1. The first kappa shape index (κ1) is 16.7. The van der Waals surface area contributed by atoms with Crippen molar-refractivity contribution < 1.29 is 8.42 Å². The summed E-state index contributed by atoms with van der Waals surface area (Å²) in [7, 11) is -3.63. The Kier molecular flexibility index (Phi) is 5.70. The van der Waals surface area contributed by atoms with Crippen molar-refractivity contribution in [1.29, 1.82) is 5.26 Å². The number of benzene rings is 1. The second-order valence-electron chi connectivity index (χ2n) is 3.99. The van der Waals surface area contributed by atoms with E-state index in [1.54, 1.807) is 24.6 Å². The van der Waals surface area contributed by atoms with Gasteiger partial charge in [0.05, 0.1) is 17.1 Å². The van der Waals surface area contributed by atoms with Gasteiger partial charge in [0.2, 0.25) is 0 Å². The summed E-state index contributed by atoms with van der Waals surface area (Å²) in [6.07, 6.45) is 3.58. The molecule has 2 rings (SSSR count). The van der Waals surface area contributed by atoms with E-state index >= 15 is 0 Å². The highest BCUT2D eigenvalue weighted by atomic mass is 32.2. The van der Waals surface area contributed by atoms with Crippen LogP contribution in [0, 0.1) is 11.5 Å². The van der Waals surface area contributed by atoms with Gasteiger partial charge < -0.3 is 0 Å². The highest BCUT2D eigenvalue weighted by Gasteiger charge is 2.18. The van der Waals surface area contributed by atoms with Crippen molar-refractivity contribution in [2.75, 3.05) is 18.6 Å². The number of nitriles is 1. The predicted octanol–water partition coefficient (Wildman–Crippen LogP) is 1.49. The lowest BCUT2D eigenvalue weighted by molar-refractivity contribution is 0.593. The van der Waals surface area contributed by atoms with Gasteiger partial charge in [-0.2, -0.15) is 5.26 Å². The molecule has 1 aromatic carbocycles. The maximum atomic E-state index is 12.2. The van der Waals surface area contributed by atoms with Crippen LogP contribution in [0.5, 0.6) is 0 Å². The molecule has 2 N–H and O–H groups in total. The van der Waals surface area contributed by atoms with E-state index in [1.165, 1.54) is 35.7 Å². The van der Waals surface area contributed by atoms with Crippen molar-refractivity contribution >= 4 is 49.6 Å². The van der Waals surface area contributed by atoms with E-state index in [2.05, 4.69) is 20.0 Å². The molecule has 22 heavy (non-hydrogen) atoms. The maximum Gasteiger partial charge on any atom is 0.263 e. The van der Waals surface area contributed by atoms with Gasteiger partial charge in [0.15, 0.2) is 16.5 Å². The van der Waals surface area contributed by atoms with Gasteiger partial charge in [-0.25, -0.2) is 13.4 Å². The Morgan fingerprint density at radius 3 is 2.73 bits per heavy atom. The Morgan fingerprint density at radius 1 is 1.45 bits per heavy atom. The molecule has 7 nitrogen and oxygen atoms in total. The fourth-order valence-electron chi connectivity index (χ4n) is 1.56. The van der Waals surface area contributed by atoms with Crippen LogP contribution in [0.15, 0.2) is 39.1 Å². The quantitative estimate of drug-likeness (QED) is 0.368. The third-order valence-corrected chi connectivity index (χ3v) is 5.50. The average Bonchev–Trinajstić information content (AvgIpc) is 2.99. The van der Waals surface area contributed by atoms with Crippen LogP contribution in [-0.2, 0) is 10.0 Å². The lowest BCUT2D eigenvalue weighted by Gasteiger charge is -2.07. The zero-order chi connectivity index (χ0) is 16.0. The normalized spacial score (nSPS) is 15.1. The van der Waals surface area contributed by atoms with E-state index in [-0.39, 0.29) is 4.90 Å². The van der Waals surface area contributed by atoms with E-state index in [1.807, 2.05) is 0 Å². The topological polar surface area (TPSA) is 107 Å². The van der Waals surface area contributed by atoms with Crippen LogP contribution < -0.4 is 10.0 Å². The molecule has 0 saturated heterocycles. The van der Waals surface area contributed by atoms with Crippen molar-refractivity contribution in [3.05, 3.63) is 24.3 Å². The number of sulfonamides is 1. The van der Waals surface area contributed by atoms with E-state index in [9.17, 15) is 8.42 Å². The first-order valence-corrected chi connectivity index (χ1v) is 9.82. The van der Waals surface area contributed by atoms with Gasteiger partial charge in [-0.05, 0) is 30.5 Å². The summed E-state index contributed by atoms with van der Waals surface area (Å²) in [6.45, 7) is 0.625. The monoisotopic (exact) mass is 355 g/mol. The van der Waals surface area contributed by atoms with E-state index < -0.39 is 10.0 Å². The molecule has 1 heterocycles. The molecule has 1 aliphatic heterocycles. The van der Waals surface area contributed by atoms with Crippen molar-refractivity contribution in [2.24, 2.45) is 9.98 Å². The number of hydrogen-bond donors (Lipinski definition) is 2.